The number of pyridine rings is 1. The summed E-state index contributed by atoms with van der Waals surface area (Å²) in [5.74, 6) is -0.0550. The molecule has 2 N–H and O–H groups in total. The van der Waals surface area contributed by atoms with Crippen LogP contribution in [-0.2, 0) is 0 Å². The molecule has 3 heterocycles. The van der Waals surface area contributed by atoms with Crippen LogP contribution < -0.4 is 5.32 Å². The van der Waals surface area contributed by atoms with Crippen molar-refractivity contribution in [1.82, 2.24) is 15.3 Å². The highest BCUT2D eigenvalue weighted by molar-refractivity contribution is 5.74. The highest BCUT2D eigenvalue weighted by Gasteiger charge is 2.27. The molecule has 1 saturated heterocycles. The number of hydrogen-bond donors (Lipinski definition) is 2. The van der Waals surface area contributed by atoms with Gasteiger partial charge < -0.3 is 10.3 Å². The molecule has 4 heteroatoms. The van der Waals surface area contributed by atoms with E-state index in [1.807, 2.05) is 24.4 Å². The number of fused-ring (bicyclic) bond motifs is 1. The van der Waals surface area contributed by atoms with Crippen molar-refractivity contribution in [3.05, 3.63) is 30.1 Å². The van der Waals surface area contributed by atoms with E-state index in [1.54, 1.807) is 0 Å². The van der Waals surface area contributed by atoms with Gasteiger partial charge in [-0.15, -0.1) is 0 Å². The summed E-state index contributed by atoms with van der Waals surface area (Å²) in [6.45, 7) is 1.31. The van der Waals surface area contributed by atoms with E-state index in [2.05, 4.69) is 15.3 Å². The van der Waals surface area contributed by atoms with Gasteiger partial charge in [0.1, 0.15) is 6.17 Å². The third kappa shape index (κ3) is 1.59. The summed E-state index contributed by atoms with van der Waals surface area (Å²) in [6.07, 6.45) is 1.86. The first-order valence-corrected chi connectivity index (χ1v) is 5.63. The lowest BCUT2D eigenvalue weighted by atomic mass is 9.92. The molecular formula is C12H14FN3. The summed E-state index contributed by atoms with van der Waals surface area (Å²) in [4.78, 5) is 7.60. The maximum absolute atomic E-state index is 13.7. The molecule has 0 amide bonds. The monoisotopic (exact) mass is 219 g/mol. The number of H-pyrrole nitrogens is 1. The van der Waals surface area contributed by atoms with E-state index in [0.717, 1.165) is 29.7 Å². The van der Waals surface area contributed by atoms with Crippen molar-refractivity contribution in [2.45, 2.75) is 18.5 Å². The fraction of sp³-hybridized carbons (Fsp3) is 0.417. The highest BCUT2D eigenvalue weighted by Crippen LogP contribution is 2.27. The van der Waals surface area contributed by atoms with Crippen LogP contribution >= 0.6 is 0 Å². The lowest BCUT2D eigenvalue weighted by Crippen LogP contribution is -2.37. The molecular weight excluding hydrogens is 205 g/mol. The van der Waals surface area contributed by atoms with Crippen LogP contribution in [0.15, 0.2) is 24.4 Å². The molecule has 0 unspecified atom stereocenters. The van der Waals surface area contributed by atoms with Gasteiger partial charge in [-0.2, -0.15) is 0 Å². The molecule has 16 heavy (non-hydrogen) atoms. The van der Waals surface area contributed by atoms with Gasteiger partial charge in [0.15, 0.2) is 0 Å². The van der Waals surface area contributed by atoms with Crippen molar-refractivity contribution in [1.29, 1.82) is 0 Å². The standard InChI is InChI=1S/C12H14FN3/c13-9-7-14-5-3-8(9)10-1-2-11-12(16-10)4-6-15-11/h1-2,4,6,8-9,14-15H,3,5,7H2/t8-,9+/m1/s1. The minimum atomic E-state index is -0.822. The molecule has 0 aliphatic carbocycles. The van der Waals surface area contributed by atoms with Crippen LogP contribution in [0.25, 0.3) is 11.0 Å². The summed E-state index contributed by atoms with van der Waals surface area (Å²) in [7, 11) is 0. The summed E-state index contributed by atoms with van der Waals surface area (Å²) >= 11 is 0. The number of hydrogen-bond acceptors (Lipinski definition) is 2. The molecule has 0 saturated carbocycles. The molecule has 84 valence electrons. The van der Waals surface area contributed by atoms with Crippen molar-refractivity contribution >= 4 is 11.0 Å². The molecule has 3 nitrogen and oxygen atoms in total. The Morgan fingerprint density at radius 1 is 1.31 bits per heavy atom. The predicted molar refractivity (Wildman–Crippen MR) is 61.2 cm³/mol. The van der Waals surface area contributed by atoms with Gasteiger partial charge in [0.2, 0.25) is 0 Å². The third-order valence-corrected chi connectivity index (χ3v) is 3.21. The van der Waals surface area contributed by atoms with Crippen LogP contribution in [0.1, 0.15) is 18.0 Å². The average molecular weight is 219 g/mol. The number of rotatable bonds is 1. The van der Waals surface area contributed by atoms with Crippen LogP contribution in [0.4, 0.5) is 4.39 Å². The molecule has 3 rings (SSSR count). The van der Waals surface area contributed by atoms with Crippen molar-refractivity contribution in [3.63, 3.8) is 0 Å². The number of nitrogens with one attached hydrogen (secondary N) is 2. The van der Waals surface area contributed by atoms with Crippen LogP contribution in [0.3, 0.4) is 0 Å². The Kier molecular flexibility index (Phi) is 2.36. The zero-order chi connectivity index (χ0) is 11.0. The minimum Gasteiger partial charge on any atom is -0.360 e. The Morgan fingerprint density at radius 3 is 3.12 bits per heavy atom. The first kappa shape index (κ1) is 9.78. The molecule has 0 radical (unpaired) electrons. The second-order valence-electron chi connectivity index (χ2n) is 4.26. The van der Waals surface area contributed by atoms with E-state index in [0.29, 0.717) is 6.54 Å². The number of aromatic nitrogens is 2. The van der Waals surface area contributed by atoms with Gasteiger partial charge in [-0.05, 0) is 31.2 Å². The van der Waals surface area contributed by atoms with Crippen molar-refractivity contribution < 1.29 is 4.39 Å². The van der Waals surface area contributed by atoms with Gasteiger partial charge in [-0.1, -0.05) is 0 Å². The van der Waals surface area contributed by atoms with Gasteiger partial charge in [0.25, 0.3) is 0 Å². The smallest absolute Gasteiger partial charge is 0.121 e. The Labute approximate surface area is 93.1 Å². The second-order valence-corrected chi connectivity index (χ2v) is 4.26. The Bertz CT molecular complexity index is 494. The number of alkyl halides is 1. The molecule has 0 bridgehead atoms. The van der Waals surface area contributed by atoms with Crippen LogP contribution in [0, 0.1) is 0 Å². The first-order chi connectivity index (χ1) is 7.84. The average Bonchev–Trinajstić information content (AvgIpc) is 2.76. The number of halogens is 1. The largest absolute Gasteiger partial charge is 0.360 e. The Hall–Kier alpha value is -1.42. The third-order valence-electron chi connectivity index (χ3n) is 3.21. The molecule has 2 atom stereocenters. The van der Waals surface area contributed by atoms with E-state index in [9.17, 15) is 4.39 Å². The zero-order valence-electron chi connectivity index (χ0n) is 8.91. The molecule has 0 aromatic carbocycles. The Balaban J connectivity index is 1.97. The first-order valence-electron chi connectivity index (χ1n) is 5.63. The van der Waals surface area contributed by atoms with Gasteiger partial charge in [0.05, 0.1) is 11.0 Å². The molecule has 2 aromatic heterocycles. The summed E-state index contributed by atoms with van der Waals surface area (Å²) < 4.78 is 13.7. The van der Waals surface area contributed by atoms with E-state index in [-0.39, 0.29) is 5.92 Å². The van der Waals surface area contributed by atoms with Gasteiger partial charge >= 0.3 is 0 Å². The van der Waals surface area contributed by atoms with Crippen LogP contribution in [-0.4, -0.2) is 29.2 Å². The fourth-order valence-electron chi connectivity index (χ4n) is 2.31. The minimum absolute atomic E-state index is 0.0550. The highest BCUT2D eigenvalue weighted by atomic mass is 19.1. The molecule has 0 spiro atoms. The molecule has 1 aliphatic heterocycles. The van der Waals surface area contributed by atoms with Crippen molar-refractivity contribution in [2.75, 3.05) is 13.1 Å². The quantitative estimate of drug-likeness (QED) is 0.770. The fourth-order valence-corrected chi connectivity index (χ4v) is 2.31. The molecule has 2 aromatic rings. The van der Waals surface area contributed by atoms with Gasteiger partial charge in [0, 0.05) is 24.4 Å². The topological polar surface area (TPSA) is 40.7 Å². The van der Waals surface area contributed by atoms with E-state index < -0.39 is 6.17 Å². The van der Waals surface area contributed by atoms with E-state index in [4.69, 9.17) is 0 Å². The maximum Gasteiger partial charge on any atom is 0.121 e. The second kappa shape index (κ2) is 3.87. The number of nitrogens with zero attached hydrogens (tertiary/aromatic N) is 1. The number of aromatic amines is 1. The normalized spacial score (nSPS) is 26.1. The predicted octanol–water partition coefficient (Wildman–Crippen LogP) is 1.98. The van der Waals surface area contributed by atoms with E-state index >= 15 is 0 Å². The number of piperidine rings is 1. The maximum atomic E-state index is 13.7. The summed E-state index contributed by atoms with van der Waals surface area (Å²) in [5.41, 5.74) is 2.80. The van der Waals surface area contributed by atoms with Crippen molar-refractivity contribution in [2.24, 2.45) is 0 Å². The molecule has 1 fully saturated rings. The van der Waals surface area contributed by atoms with Crippen molar-refractivity contribution in [3.8, 4) is 0 Å². The van der Waals surface area contributed by atoms with Crippen LogP contribution in [0.5, 0.6) is 0 Å². The Morgan fingerprint density at radius 2 is 2.25 bits per heavy atom. The lowest BCUT2D eigenvalue weighted by molar-refractivity contribution is 0.229. The summed E-state index contributed by atoms with van der Waals surface area (Å²) in [6, 6.07) is 5.83. The lowest BCUT2D eigenvalue weighted by Gasteiger charge is -2.26. The zero-order valence-corrected chi connectivity index (χ0v) is 8.91. The van der Waals surface area contributed by atoms with Gasteiger partial charge in [-0.3, -0.25) is 4.98 Å². The van der Waals surface area contributed by atoms with Gasteiger partial charge in [-0.25, -0.2) is 4.39 Å². The SMILES string of the molecule is F[C@H]1CNCC[C@H]1c1ccc2[nH]ccc2n1. The van der Waals surface area contributed by atoms with Crippen LogP contribution in [0.2, 0.25) is 0 Å². The molecule has 1 aliphatic rings. The van der Waals surface area contributed by atoms with E-state index in [1.165, 1.54) is 0 Å². The summed E-state index contributed by atoms with van der Waals surface area (Å²) in [5, 5.41) is 3.06.